The second-order valence-corrected chi connectivity index (χ2v) is 6.78. The molecule has 0 aliphatic carbocycles. The molecule has 0 bridgehead atoms. The largest absolute Gasteiger partial charge is 1.00 e. The number of thiocarbonyl (C=S) groups is 1. The zero-order valence-corrected chi connectivity index (χ0v) is 21.6. The van der Waals surface area contributed by atoms with Crippen LogP contribution in [0.25, 0.3) is 11.1 Å². The third kappa shape index (κ3) is 11.0. The first-order chi connectivity index (χ1) is 12.2. The summed E-state index contributed by atoms with van der Waals surface area (Å²) in [4.78, 5) is 3.24. The van der Waals surface area contributed by atoms with Crippen molar-refractivity contribution in [1.29, 1.82) is 0 Å². The van der Waals surface area contributed by atoms with Crippen molar-refractivity contribution in [3.8, 4) is 5.75 Å². The molecule has 0 saturated carbocycles. The van der Waals surface area contributed by atoms with Gasteiger partial charge in [0.15, 0.2) is 5.58 Å². The van der Waals surface area contributed by atoms with Crippen molar-refractivity contribution in [2.24, 2.45) is 0 Å². The van der Waals surface area contributed by atoms with Gasteiger partial charge in [-0.3, -0.25) is 0 Å². The second kappa shape index (κ2) is 14.1. The first-order valence-corrected chi connectivity index (χ1v) is 9.07. The molecule has 2 aromatic carbocycles. The first-order valence-electron chi connectivity index (χ1n) is 7.09. The number of hydrogen-bond donors (Lipinski definition) is 3. The average molecular weight is 490 g/mol. The molecule has 5 nitrogen and oxygen atoms in total. The summed E-state index contributed by atoms with van der Waals surface area (Å²) in [6.07, 6.45) is 0. The molecule has 0 fully saturated rings. The molecule has 0 spiro atoms. The van der Waals surface area contributed by atoms with Crippen molar-refractivity contribution in [3.05, 3.63) is 51.3 Å². The predicted octanol–water partition coefficient (Wildman–Crippen LogP) is 2.63. The number of anilines is 1. The summed E-state index contributed by atoms with van der Waals surface area (Å²) >= 11 is 24.8. The minimum atomic E-state index is 0. The maximum Gasteiger partial charge on any atom is 1.00 e. The number of aromatic amines is 1. The molecule has 0 unspecified atom stereocenters. The maximum atomic E-state index is 8.86. The smallest absolute Gasteiger partial charge is 0.514 e. The van der Waals surface area contributed by atoms with Crippen LogP contribution in [0, 0.1) is 4.84 Å². The number of aromatic hydroxyl groups is 1. The van der Waals surface area contributed by atoms with Crippen LogP contribution in [0.1, 0.15) is 6.92 Å². The summed E-state index contributed by atoms with van der Waals surface area (Å²) in [7, 11) is 0. The van der Waals surface area contributed by atoms with E-state index in [1.165, 1.54) is 12.1 Å². The van der Waals surface area contributed by atoms with Gasteiger partial charge in [-0.1, -0.05) is 23.2 Å². The van der Waals surface area contributed by atoms with Crippen molar-refractivity contribution >= 4 is 81.4 Å². The van der Waals surface area contributed by atoms with E-state index in [0.717, 1.165) is 11.1 Å². The Bertz CT molecular complexity index is 935. The SMILES string of the molecule is CCOC(=S)[S-].Nc1cc(Cl)ccc1O.S=c1[nH]c2cc(Cl)ccc2o1.[K+]. The van der Waals surface area contributed by atoms with Gasteiger partial charge >= 0.3 is 51.4 Å². The Labute approximate surface area is 225 Å². The molecule has 1 aromatic heterocycles. The van der Waals surface area contributed by atoms with Gasteiger partial charge < -0.3 is 49.8 Å². The number of nitrogen functional groups attached to an aromatic ring is 1. The monoisotopic (exact) mass is 488 g/mol. The second-order valence-electron chi connectivity index (χ2n) is 4.54. The van der Waals surface area contributed by atoms with Crippen LogP contribution in [-0.2, 0) is 17.4 Å². The van der Waals surface area contributed by atoms with Gasteiger partial charge in [0.1, 0.15) is 5.75 Å². The summed E-state index contributed by atoms with van der Waals surface area (Å²) in [5.74, 6) is 0.0689. The molecular weight excluding hydrogens is 474 g/mol. The Morgan fingerprint density at radius 1 is 1.26 bits per heavy atom. The number of nitrogens with two attached hydrogens (primary N) is 1. The fourth-order valence-corrected chi connectivity index (χ4v) is 2.36. The molecule has 3 rings (SSSR count). The number of ether oxygens (including phenoxy) is 1. The molecule has 1 heterocycles. The van der Waals surface area contributed by atoms with Crippen LogP contribution >= 0.6 is 47.6 Å². The number of phenols is 1. The number of fused-ring (bicyclic) bond motifs is 1. The summed E-state index contributed by atoms with van der Waals surface area (Å²) in [5.41, 5.74) is 7.17. The average Bonchev–Trinajstić information content (AvgIpc) is 2.91. The van der Waals surface area contributed by atoms with Gasteiger partial charge in [-0.2, -0.15) is 0 Å². The van der Waals surface area contributed by atoms with Gasteiger partial charge in [-0.25, -0.2) is 0 Å². The van der Waals surface area contributed by atoms with Gasteiger partial charge in [-0.15, -0.1) is 0 Å². The van der Waals surface area contributed by atoms with Crippen molar-refractivity contribution in [2.45, 2.75) is 6.92 Å². The van der Waals surface area contributed by atoms with Crippen LogP contribution < -0.4 is 57.1 Å². The van der Waals surface area contributed by atoms with Crippen molar-refractivity contribution in [1.82, 2.24) is 4.98 Å². The topological polar surface area (TPSA) is 84.4 Å². The van der Waals surface area contributed by atoms with Gasteiger partial charge in [0.05, 0.1) is 17.8 Å². The van der Waals surface area contributed by atoms with Crippen molar-refractivity contribution in [3.63, 3.8) is 0 Å². The zero-order chi connectivity index (χ0) is 19.7. The molecule has 0 atom stereocenters. The van der Waals surface area contributed by atoms with Crippen LogP contribution in [0.3, 0.4) is 0 Å². The standard InChI is InChI=1S/C7H4ClNOS.C6H6ClNO.C3H6OS2.K/c8-4-1-2-6-5(3-4)9-7(11)10-6;7-4-1-2-6(9)5(8)3-4;1-2-4-3(5)6;/h1-3H,(H,9,11);1-3,9H,8H2;2H2,1H3,(H,5,6);/q;;;+1/p-1. The number of halogens is 2. The summed E-state index contributed by atoms with van der Waals surface area (Å²) in [6.45, 7) is 2.43. The van der Waals surface area contributed by atoms with Gasteiger partial charge in [-0.05, 0) is 55.5 Å². The minimum Gasteiger partial charge on any atom is -0.514 e. The van der Waals surface area contributed by atoms with E-state index in [1.807, 2.05) is 6.92 Å². The molecule has 27 heavy (non-hydrogen) atoms. The molecule has 11 heteroatoms. The van der Waals surface area contributed by atoms with E-state index in [2.05, 4.69) is 34.6 Å². The Morgan fingerprint density at radius 3 is 2.33 bits per heavy atom. The maximum absolute atomic E-state index is 8.86. The predicted molar refractivity (Wildman–Crippen MR) is 116 cm³/mol. The van der Waals surface area contributed by atoms with Crippen molar-refractivity contribution < 1.29 is 65.6 Å². The fourth-order valence-electron chi connectivity index (χ4n) is 1.57. The van der Waals surface area contributed by atoms with Gasteiger partial charge in [0, 0.05) is 14.4 Å². The molecule has 3 aromatic rings. The van der Waals surface area contributed by atoms with E-state index in [0.29, 0.717) is 27.2 Å². The minimum absolute atomic E-state index is 0. The Morgan fingerprint density at radius 2 is 1.85 bits per heavy atom. The first kappa shape index (κ1) is 27.1. The van der Waals surface area contributed by atoms with Crippen LogP contribution in [0.4, 0.5) is 5.69 Å². The fraction of sp³-hybridized carbons (Fsp3) is 0.125. The van der Waals surface area contributed by atoms with E-state index in [-0.39, 0.29) is 61.5 Å². The van der Waals surface area contributed by atoms with Crippen LogP contribution in [0.2, 0.25) is 10.0 Å². The molecule has 140 valence electrons. The van der Waals surface area contributed by atoms with E-state index in [9.17, 15) is 0 Å². The molecule has 4 N–H and O–H groups in total. The van der Waals surface area contributed by atoms with E-state index < -0.39 is 0 Å². The summed E-state index contributed by atoms with van der Waals surface area (Å²) in [5, 5.41) is 10.1. The summed E-state index contributed by atoms with van der Waals surface area (Å²) in [6, 6.07) is 9.85. The van der Waals surface area contributed by atoms with Gasteiger partial charge in [0.25, 0.3) is 4.84 Å². The molecule has 0 aliphatic heterocycles. The number of phenolic OH excluding ortho intramolecular Hbond substituents is 1. The molecule has 0 radical (unpaired) electrons. The van der Waals surface area contributed by atoms with Crippen LogP contribution in [-0.4, -0.2) is 21.1 Å². The zero-order valence-electron chi connectivity index (χ0n) is 14.5. The van der Waals surface area contributed by atoms with Crippen LogP contribution in [0.5, 0.6) is 5.75 Å². The van der Waals surface area contributed by atoms with Gasteiger partial charge in [0.2, 0.25) is 0 Å². The quantitative estimate of drug-likeness (QED) is 0.159. The number of aromatic nitrogens is 1. The molecular formula is C16H15Cl2KN2O3S3. The number of oxazole rings is 1. The van der Waals surface area contributed by atoms with Crippen molar-refractivity contribution in [2.75, 3.05) is 12.3 Å². The Balaban J connectivity index is 0.000000387. The third-order valence-electron chi connectivity index (χ3n) is 2.63. The van der Waals surface area contributed by atoms with E-state index in [4.69, 9.17) is 50.7 Å². The number of H-pyrrole nitrogens is 1. The molecule has 0 amide bonds. The normalized spacial score (nSPS) is 9.15. The van der Waals surface area contributed by atoms with Crippen LogP contribution in [0.15, 0.2) is 40.8 Å². The molecule has 0 saturated heterocycles. The number of nitrogens with one attached hydrogen (secondary N) is 1. The van der Waals surface area contributed by atoms with E-state index >= 15 is 0 Å². The number of benzene rings is 2. The summed E-state index contributed by atoms with van der Waals surface area (Å²) < 4.78 is 9.92. The Hall–Kier alpha value is 0.0564. The Kier molecular flexibility index (Phi) is 14.1. The molecule has 0 aliphatic rings. The number of hydrogen-bond acceptors (Lipinski definition) is 7. The third-order valence-corrected chi connectivity index (χ3v) is 3.52. The number of rotatable bonds is 1. The van der Waals surface area contributed by atoms with E-state index in [1.54, 1.807) is 24.3 Å².